The summed E-state index contributed by atoms with van der Waals surface area (Å²) in [6.45, 7) is 6.77. The molecule has 120 valence electrons. The number of nitrogens with one attached hydrogen (secondary N) is 1. The summed E-state index contributed by atoms with van der Waals surface area (Å²) in [4.78, 5) is 0. The summed E-state index contributed by atoms with van der Waals surface area (Å²) >= 11 is 4.90. The first kappa shape index (κ1) is 18.5. The number of hydrogen-bond donors (Lipinski definition) is 1. The molecule has 0 aliphatic carbocycles. The highest BCUT2D eigenvalue weighted by Gasteiger charge is 2.28. The predicted octanol–water partition coefficient (Wildman–Crippen LogP) is 4.10. The van der Waals surface area contributed by atoms with E-state index >= 15 is 0 Å². The predicted molar refractivity (Wildman–Crippen MR) is 82.4 cm³/mol. The second-order valence-electron chi connectivity index (χ2n) is 5.61. The summed E-state index contributed by atoms with van der Waals surface area (Å²) in [6, 6.07) is 4.50. The van der Waals surface area contributed by atoms with Crippen molar-refractivity contribution in [1.29, 1.82) is 0 Å². The van der Waals surface area contributed by atoms with Gasteiger partial charge < -0.3 is 9.29 Å². The van der Waals surface area contributed by atoms with Crippen molar-refractivity contribution in [3.8, 4) is 5.75 Å². The number of hydrogen-bond acceptors (Lipinski definition) is 3. The molecule has 0 amide bonds. The highest BCUT2D eigenvalue weighted by molar-refractivity contribution is 7.90. The molecule has 1 aromatic carbocycles. The second kappa shape index (κ2) is 7.63. The van der Waals surface area contributed by atoms with Crippen LogP contribution in [0.3, 0.4) is 0 Å². The van der Waals surface area contributed by atoms with E-state index in [0.29, 0.717) is 5.02 Å². The number of rotatable bonds is 6. The van der Waals surface area contributed by atoms with Crippen molar-refractivity contribution < 1.29 is 18.1 Å². The minimum absolute atomic E-state index is 0.235. The third-order valence-electron chi connectivity index (χ3n) is 2.65. The molecule has 0 aromatic heterocycles. The molecule has 0 aliphatic rings. The maximum atomic E-state index is 12.1. The molecule has 0 saturated heterocycles. The fourth-order valence-electron chi connectivity index (χ4n) is 1.51. The summed E-state index contributed by atoms with van der Waals surface area (Å²) in [7, 11) is 0. The van der Waals surface area contributed by atoms with Gasteiger partial charge in [0.2, 0.25) is 0 Å². The Morgan fingerprint density at radius 3 is 2.48 bits per heavy atom. The average Bonchev–Trinajstić information content (AvgIpc) is 2.34. The summed E-state index contributed by atoms with van der Waals surface area (Å²) in [5.41, 5.74) is 0.735. The van der Waals surface area contributed by atoms with E-state index in [1.54, 1.807) is 12.1 Å². The van der Waals surface area contributed by atoms with Gasteiger partial charge in [-0.1, -0.05) is 17.7 Å². The van der Waals surface area contributed by atoms with Crippen molar-refractivity contribution in [1.82, 2.24) is 4.72 Å². The Morgan fingerprint density at radius 2 is 2.00 bits per heavy atom. The summed E-state index contributed by atoms with van der Waals surface area (Å²) < 4.78 is 43.7. The Balaban J connectivity index is 2.75. The highest BCUT2D eigenvalue weighted by atomic mass is 35.5. The fraction of sp³-hybridized carbons (Fsp3) is 0.571. The number of alkyl halides is 2. The topological polar surface area (TPSA) is 44.3 Å². The molecule has 1 rings (SSSR count). The van der Waals surface area contributed by atoms with Crippen LogP contribution in [-0.2, 0) is 11.4 Å². The largest absolute Gasteiger partial charge is 0.598 e. The first-order valence-electron chi connectivity index (χ1n) is 6.49. The SMILES string of the molecule is C[C@@H](N[S+]([O-])C(C)(C)C)c1ccc(OCC(F)F)cc1Cl. The Labute approximate surface area is 132 Å². The standard InChI is InChI=1S/C14H20ClF2NO2S/c1-9(18-21(19)14(2,3)4)11-6-5-10(7-12(11)15)20-8-13(16)17/h5-7,9,13,18H,8H2,1-4H3/t9-,21?/m1/s1. The van der Waals surface area contributed by atoms with Crippen LogP contribution in [0.1, 0.15) is 39.3 Å². The van der Waals surface area contributed by atoms with Crippen molar-refractivity contribution >= 4 is 23.0 Å². The highest BCUT2D eigenvalue weighted by Crippen LogP contribution is 2.29. The van der Waals surface area contributed by atoms with Crippen LogP contribution in [0.15, 0.2) is 18.2 Å². The number of benzene rings is 1. The van der Waals surface area contributed by atoms with Crippen molar-refractivity contribution in [2.45, 2.75) is 44.9 Å². The molecule has 1 unspecified atom stereocenters. The van der Waals surface area contributed by atoms with Crippen molar-refractivity contribution in [3.05, 3.63) is 28.8 Å². The van der Waals surface area contributed by atoms with Gasteiger partial charge >= 0.3 is 0 Å². The maximum Gasteiger partial charge on any atom is 0.272 e. The van der Waals surface area contributed by atoms with Gasteiger partial charge in [-0.15, -0.1) is 4.72 Å². The van der Waals surface area contributed by atoms with Crippen molar-refractivity contribution in [2.24, 2.45) is 0 Å². The van der Waals surface area contributed by atoms with Gasteiger partial charge in [-0.25, -0.2) is 8.78 Å². The maximum absolute atomic E-state index is 12.1. The van der Waals surface area contributed by atoms with Gasteiger partial charge in [-0.05, 0) is 45.4 Å². The second-order valence-corrected chi connectivity index (χ2v) is 8.01. The molecule has 1 N–H and O–H groups in total. The van der Waals surface area contributed by atoms with Gasteiger partial charge in [0.15, 0.2) is 0 Å². The van der Waals surface area contributed by atoms with Crippen LogP contribution in [0.4, 0.5) is 8.78 Å². The molecule has 0 saturated carbocycles. The lowest BCUT2D eigenvalue weighted by molar-refractivity contribution is 0.0819. The van der Waals surface area contributed by atoms with Crippen LogP contribution in [0.25, 0.3) is 0 Å². The molecule has 0 radical (unpaired) electrons. The third kappa shape index (κ3) is 5.98. The zero-order valence-corrected chi connectivity index (χ0v) is 14.0. The van der Waals surface area contributed by atoms with Gasteiger partial charge in [-0.2, -0.15) is 0 Å². The molecule has 2 atom stereocenters. The van der Waals surface area contributed by atoms with Crippen LogP contribution in [0.5, 0.6) is 5.75 Å². The minimum Gasteiger partial charge on any atom is -0.598 e. The lowest BCUT2D eigenvalue weighted by Crippen LogP contribution is -2.40. The van der Waals surface area contributed by atoms with Crippen molar-refractivity contribution in [2.75, 3.05) is 6.61 Å². The van der Waals surface area contributed by atoms with Crippen LogP contribution in [0, 0.1) is 0 Å². The van der Waals surface area contributed by atoms with Crippen molar-refractivity contribution in [3.63, 3.8) is 0 Å². The first-order chi connectivity index (χ1) is 9.61. The Bertz CT molecular complexity index is 469. The zero-order chi connectivity index (χ0) is 16.2. The molecular formula is C14H20ClF2NO2S. The monoisotopic (exact) mass is 339 g/mol. The van der Waals surface area contributed by atoms with E-state index in [9.17, 15) is 13.3 Å². The normalized spacial score (nSPS) is 15.1. The molecule has 0 fully saturated rings. The molecule has 0 heterocycles. The molecule has 0 spiro atoms. The van der Waals surface area contributed by atoms with E-state index in [2.05, 4.69) is 4.72 Å². The van der Waals surface area contributed by atoms with Gasteiger partial charge in [0, 0.05) is 16.4 Å². The third-order valence-corrected chi connectivity index (χ3v) is 4.66. The van der Waals surface area contributed by atoms with E-state index in [4.69, 9.17) is 16.3 Å². The van der Waals surface area contributed by atoms with Gasteiger partial charge in [0.1, 0.15) is 17.1 Å². The Morgan fingerprint density at radius 1 is 1.38 bits per heavy atom. The van der Waals surface area contributed by atoms with E-state index in [1.165, 1.54) is 6.07 Å². The minimum atomic E-state index is -2.53. The summed E-state index contributed by atoms with van der Waals surface area (Å²) in [5.74, 6) is 0.285. The smallest absolute Gasteiger partial charge is 0.272 e. The average molecular weight is 340 g/mol. The molecule has 0 aliphatic heterocycles. The summed E-state index contributed by atoms with van der Waals surface area (Å²) in [6.07, 6.45) is -2.53. The van der Waals surface area contributed by atoms with Crippen LogP contribution < -0.4 is 9.46 Å². The van der Waals surface area contributed by atoms with Gasteiger partial charge in [0.05, 0.1) is 6.04 Å². The molecule has 7 heteroatoms. The molecule has 21 heavy (non-hydrogen) atoms. The van der Waals surface area contributed by atoms with Gasteiger partial charge in [0.25, 0.3) is 6.43 Å². The molecular weight excluding hydrogens is 320 g/mol. The quantitative estimate of drug-likeness (QED) is 0.794. The van der Waals surface area contributed by atoms with E-state index in [0.717, 1.165) is 5.56 Å². The fourth-order valence-corrected chi connectivity index (χ4v) is 2.64. The van der Waals surface area contributed by atoms with Crippen LogP contribution in [-0.4, -0.2) is 22.3 Å². The molecule has 0 bridgehead atoms. The molecule has 3 nitrogen and oxygen atoms in total. The van der Waals surface area contributed by atoms with Crippen LogP contribution in [0.2, 0.25) is 5.02 Å². The number of halogens is 3. The lowest BCUT2D eigenvalue weighted by atomic mass is 10.1. The zero-order valence-electron chi connectivity index (χ0n) is 12.5. The molecule has 1 aromatic rings. The van der Waals surface area contributed by atoms with Crippen LogP contribution >= 0.6 is 11.6 Å². The summed E-state index contributed by atoms with van der Waals surface area (Å²) in [5, 5.41) is 0.382. The van der Waals surface area contributed by atoms with E-state index in [1.807, 2.05) is 27.7 Å². The number of ether oxygens (including phenoxy) is 1. The van der Waals surface area contributed by atoms with E-state index < -0.39 is 24.4 Å². The van der Waals surface area contributed by atoms with Gasteiger partial charge in [-0.3, -0.25) is 0 Å². The van der Waals surface area contributed by atoms with E-state index in [-0.39, 0.29) is 16.5 Å². The first-order valence-corrected chi connectivity index (χ1v) is 8.02. The Hall–Kier alpha value is -0.560. The Kier molecular flexibility index (Phi) is 6.71. The lowest BCUT2D eigenvalue weighted by Gasteiger charge is -2.27.